The Hall–Kier alpha value is -4.25. The van der Waals surface area contributed by atoms with Crippen molar-refractivity contribution < 1.29 is 32.2 Å². The van der Waals surface area contributed by atoms with Crippen LogP contribution in [0.3, 0.4) is 0 Å². The highest BCUT2D eigenvalue weighted by atomic mass is 32.2. The second-order valence-electron chi connectivity index (χ2n) is 11.0. The Morgan fingerprint density at radius 2 is 1.51 bits per heavy atom. The molecule has 1 unspecified atom stereocenters. The maximum Gasteiger partial charge on any atom is 0.264 e. The molecular weight excluding hydrogens is 594 g/mol. The standard InChI is InChI=1S/C34H43N3O7S/c1-5-30(34(39)35-26-12-8-6-9-13-26)36(23-25-16-18-27(42-2)19-17-25)33(38)24-37(45(40,41)29-14-10-7-11-15-29)31-22-28(43-3)20-21-32(31)44-4/h7,10-11,14-22,26,30H,5-6,8-9,12-13,23-24H2,1-4H3,(H,35,39). The molecule has 4 rings (SSSR count). The first-order valence-electron chi connectivity index (χ1n) is 15.2. The van der Waals surface area contributed by atoms with Crippen LogP contribution in [0.2, 0.25) is 0 Å². The molecule has 242 valence electrons. The van der Waals surface area contributed by atoms with E-state index in [1.807, 2.05) is 19.1 Å². The largest absolute Gasteiger partial charge is 0.497 e. The Kier molecular flexibility index (Phi) is 11.7. The van der Waals surface area contributed by atoms with Crippen molar-refractivity contribution in [3.05, 3.63) is 78.4 Å². The zero-order valence-corrected chi connectivity index (χ0v) is 27.2. The van der Waals surface area contributed by atoms with Gasteiger partial charge in [-0.05, 0) is 61.2 Å². The summed E-state index contributed by atoms with van der Waals surface area (Å²) in [4.78, 5) is 29.6. The number of hydrogen-bond acceptors (Lipinski definition) is 7. The van der Waals surface area contributed by atoms with Gasteiger partial charge >= 0.3 is 0 Å². The molecule has 1 fully saturated rings. The fraction of sp³-hybridized carbons (Fsp3) is 0.412. The Morgan fingerprint density at radius 1 is 0.867 bits per heavy atom. The van der Waals surface area contributed by atoms with Gasteiger partial charge in [-0.25, -0.2) is 8.42 Å². The van der Waals surface area contributed by atoms with Gasteiger partial charge in [0.15, 0.2) is 0 Å². The van der Waals surface area contributed by atoms with Gasteiger partial charge in [0.05, 0.1) is 31.9 Å². The molecule has 1 aliphatic carbocycles. The highest BCUT2D eigenvalue weighted by molar-refractivity contribution is 7.92. The lowest BCUT2D eigenvalue weighted by atomic mass is 9.95. The van der Waals surface area contributed by atoms with Crippen molar-refractivity contribution in [2.75, 3.05) is 32.2 Å². The number of ether oxygens (including phenoxy) is 3. The van der Waals surface area contributed by atoms with E-state index in [1.165, 1.54) is 37.3 Å². The number of nitrogens with zero attached hydrogens (tertiary/aromatic N) is 2. The van der Waals surface area contributed by atoms with Crippen LogP contribution in [0.15, 0.2) is 77.7 Å². The van der Waals surface area contributed by atoms with Crippen molar-refractivity contribution in [2.45, 2.75) is 69.0 Å². The summed E-state index contributed by atoms with van der Waals surface area (Å²) >= 11 is 0. The first kappa shape index (κ1) is 33.6. The summed E-state index contributed by atoms with van der Waals surface area (Å²) in [5, 5.41) is 3.16. The van der Waals surface area contributed by atoms with Gasteiger partial charge in [-0.2, -0.15) is 0 Å². The van der Waals surface area contributed by atoms with Crippen LogP contribution in [-0.4, -0.2) is 65.1 Å². The quantitative estimate of drug-likeness (QED) is 0.260. The van der Waals surface area contributed by atoms with Crippen LogP contribution >= 0.6 is 0 Å². The average Bonchev–Trinajstić information content (AvgIpc) is 3.07. The molecule has 10 nitrogen and oxygen atoms in total. The first-order chi connectivity index (χ1) is 21.7. The Labute approximate surface area is 266 Å². The number of hydrogen-bond donors (Lipinski definition) is 1. The molecule has 0 saturated heterocycles. The third-order valence-corrected chi connectivity index (χ3v) is 9.89. The number of rotatable bonds is 14. The maximum atomic E-state index is 14.4. The molecule has 1 atom stereocenters. The second kappa shape index (κ2) is 15.7. The van der Waals surface area contributed by atoms with E-state index in [2.05, 4.69) is 5.32 Å². The molecule has 1 saturated carbocycles. The number of sulfonamides is 1. The van der Waals surface area contributed by atoms with Crippen LogP contribution in [0.5, 0.6) is 17.2 Å². The highest BCUT2D eigenvalue weighted by Gasteiger charge is 2.35. The van der Waals surface area contributed by atoms with Gasteiger partial charge in [-0.1, -0.05) is 56.5 Å². The van der Waals surface area contributed by atoms with Crippen molar-refractivity contribution >= 4 is 27.5 Å². The molecule has 0 radical (unpaired) electrons. The topological polar surface area (TPSA) is 114 Å². The summed E-state index contributed by atoms with van der Waals surface area (Å²) in [7, 11) is 0.209. The molecule has 0 aromatic heterocycles. The Balaban J connectivity index is 1.76. The van der Waals surface area contributed by atoms with Crippen LogP contribution in [0.4, 0.5) is 5.69 Å². The van der Waals surface area contributed by atoms with Crippen LogP contribution in [-0.2, 0) is 26.2 Å². The van der Waals surface area contributed by atoms with E-state index in [1.54, 1.807) is 49.6 Å². The summed E-state index contributed by atoms with van der Waals surface area (Å²) in [5.41, 5.74) is 0.905. The van der Waals surface area contributed by atoms with Crippen LogP contribution < -0.4 is 23.8 Å². The molecule has 1 N–H and O–H groups in total. The smallest absolute Gasteiger partial charge is 0.264 e. The minimum atomic E-state index is -4.26. The molecule has 1 aliphatic rings. The highest BCUT2D eigenvalue weighted by Crippen LogP contribution is 2.36. The number of amides is 2. The van der Waals surface area contributed by atoms with E-state index in [4.69, 9.17) is 14.2 Å². The Bertz CT molecular complexity index is 1530. The molecule has 0 spiro atoms. The molecular formula is C34H43N3O7S. The number of carbonyl (C=O) groups is 2. The maximum absolute atomic E-state index is 14.4. The monoisotopic (exact) mass is 637 g/mol. The molecule has 0 aliphatic heterocycles. The van der Waals surface area contributed by atoms with Gasteiger partial charge in [0, 0.05) is 18.7 Å². The number of nitrogens with one attached hydrogen (secondary N) is 1. The molecule has 3 aromatic rings. The van der Waals surface area contributed by atoms with Gasteiger partial charge in [0.2, 0.25) is 11.8 Å². The van der Waals surface area contributed by atoms with Gasteiger partial charge in [0.25, 0.3) is 10.0 Å². The lowest BCUT2D eigenvalue weighted by Gasteiger charge is -2.34. The number of benzene rings is 3. The zero-order valence-electron chi connectivity index (χ0n) is 26.4. The summed E-state index contributed by atoms with van der Waals surface area (Å²) < 4.78 is 45.6. The molecule has 0 heterocycles. The average molecular weight is 638 g/mol. The third kappa shape index (κ3) is 8.27. The molecule has 45 heavy (non-hydrogen) atoms. The van der Waals surface area contributed by atoms with E-state index in [0.717, 1.165) is 42.0 Å². The van der Waals surface area contributed by atoms with Crippen LogP contribution in [0.1, 0.15) is 51.0 Å². The SMILES string of the molecule is CCC(C(=O)NC1CCCCC1)N(Cc1ccc(OC)cc1)C(=O)CN(c1cc(OC)ccc1OC)S(=O)(=O)c1ccccc1. The lowest BCUT2D eigenvalue weighted by Crippen LogP contribution is -2.54. The van der Waals surface area contributed by atoms with E-state index in [9.17, 15) is 18.0 Å². The lowest BCUT2D eigenvalue weighted by molar-refractivity contribution is -0.140. The van der Waals surface area contributed by atoms with E-state index in [0.29, 0.717) is 17.9 Å². The Morgan fingerprint density at radius 3 is 2.11 bits per heavy atom. The second-order valence-corrected chi connectivity index (χ2v) is 12.9. The van der Waals surface area contributed by atoms with Gasteiger partial charge < -0.3 is 24.4 Å². The van der Waals surface area contributed by atoms with Crippen molar-refractivity contribution in [3.63, 3.8) is 0 Å². The third-order valence-electron chi connectivity index (χ3n) is 8.11. The van der Waals surface area contributed by atoms with E-state index < -0.39 is 28.5 Å². The molecule has 11 heteroatoms. The minimum Gasteiger partial charge on any atom is -0.497 e. The summed E-state index contributed by atoms with van der Waals surface area (Å²) in [6.45, 7) is 1.36. The molecule has 3 aromatic carbocycles. The van der Waals surface area contributed by atoms with E-state index in [-0.39, 0.29) is 34.8 Å². The number of methoxy groups -OCH3 is 3. The predicted molar refractivity (Wildman–Crippen MR) is 173 cm³/mol. The van der Waals surface area contributed by atoms with Gasteiger partial charge in [0.1, 0.15) is 29.8 Å². The summed E-state index contributed by atoms with van der Waals surface area (Å²) in [5.74, 6) is 0.499. The predicted octanol–water partition coefficient (Wildman–Crippen LogP) is 5.16. The summed E-state index contributed by atoms with van der Waals surface area (Å²) in [6, 6.07) is 19.1. The fourth-order valence-electron chi connectivity index (χ4n) is 5.62. The van der Waals surface area contributed by atoms with Crippen molar-refractivity contribution in [1.29, 1.82) is 0 Å². The first-order valence-corrected chi connectivity index (χ1v) is 16.7. The van der Waals surface area contributed by atoms with Crippen LogP contribution in [0.25, 0.3) is 0 Å². The van der Waals surface area contributed by atoms with Gasteiger partial charge in [-0.15, -0.1) is 0 Å². The number of carbonyl (C=O) groups excluding carboxylic acids is 2. The number of anilines is 1. The summed E-state index contributed by atoms with van der Waals surface area (Å²) in [6.07, 6.45) is 5.37. The van der Waals surface area contributed by atoms with Crippen molar-refractivity contribution in [1.82, 2.24) is 10.2 Å². The van der Waals surface area contributed by atoms with Crippen molar-refractivity contribution in [3.8, 4) is 17.2 Å². The van der Waals surface area contributed by atoms with Crippen molar-refractivity contribution in [2.24, 2.45) is 0 Å². The van der Waals surface area contributed by atoms with E-state index >= 15 is 0 Å². The minimum absolute atomic E-state index is 0.00598. The zero-order chi connectivity index (χ0) is 32.4. The fourth-order valence-corrected chi connectivity index (χ4v) is 7.05. The molecule has 2 amide bonds. The van der Waals surface area contributed by atoms with Crippen LogP contribution in [0, 0.1) is 0 Å². The van der Waals surface area contributed by atoms with Gasteiger partial charge in [-0.3, -0.25) is 13.9 Å². The molecule has 0 bridgehead atoms. The normalized spacial score (nSPS) is 14.2.